The minimum absolute atomic E-state index is 0.702. The molecule has 5 nitrogen and oxygen atoms in total. The van der Waals surface area contributed by atoms with Crippen molar-refractivity contribution in [3.63, 3.8) is 0 Å². The fourth-order valence-corrected chi connectivity index (χ4v) is 2.68. The molecule has 0 aliphatic rings. The Morgan fingerprint density at radius 3 is 2.43 bits per heavy atom. The maximum absolute atomic E-state index is 5.97. The Bertz CT molecular complexity index is 756. The zero-order chi connectivity index (χ0) is 15.0. The summed E-state index contributed by atoms with van der Waals surface area (Å²) in [6.45, 7) is 2.01. The Kier molecular flexibility index (Phi) is 3.73. The first kappa shape index (κ1) is 14.2. The number of halogens is 1. The summed E-state index contributed by atoms with van der Waals surface area (Å²) in [5.74, 6) is 0.727. The van der Waals surface area contributed by atoms with Crippen LogP contribution in [0.15, 0.2) is 35.5 Å². The predicted molar refractivity (Wildman–Crippen MR) is 85.1 cm³/mol. The van der Waals surface area contributed by atoms with Gasteiger partial charge in [-0.3, -0.25) is 9.25 Å². The zero-order valence-corrected chi connectivity index (χ0v) is 13.5. The average molecular weight is 320 g/mol. The number of thioether (sulfide) groups is 1. The fourth-order valence-electron chi connectivity index (χ4n) is 2.06. The van der Waals surface area contributed by atoms with Crippen molar-refractivity contribution in [3.8, 4) is 17.2 Å². The van der Waals surface area contributed by atoms with Crippen LogP contribution in [0, 0.1) is 6.92 Å². The molecule has 0 radical (unpaired) electrons. The topological polar surface area (TPSA) is 48.5 Å². The number of hydrogen-bond acceptors (Lipinski definition) is 4. The van der Waals surface area contributed by atoms with E-state index in [2.05, 4.69) is 15.3 Å². The number of rotatable bonds is 3. The molecule has 0 aliphatic carbocycles. The second-order valence-electron chi connectivity index (χ2n) is 4.62. The molecule has 0 bridgehead atoms. The lowest BCUT2D eigenvalue weighted by Gasteiger charge is -2.08. The van der Waals surface area contributed by atoms with Crippen LogP contribution in [-0.4, -0.2) is 30.8 Å². The van der Waals surface area contributed by atoms with Gasteiger partial charge >= 0.3 is 0 Å². The first-order valence-corrected chi connectivity index (χ1v) is 7.97. The molecule has 0 fully saturated rings. The molecule has 2 aromatic heterocycles. The SMILES string of the molecule is CSc1nnc(-c2cc(C)n(C)n2)n1-c1ccc(Cl)cc1. The second-order valence-corrected chi connectivity index (χ2v) is 5.83. The van der Waals surface area contributed by atoms with Gasteiger partial charge in [0.1, 0.15) is 5.69 Å². The van der Waals surface area contributed by atoms with E-state index >= 15 is 0 Å². The van der Waals surface area contributed by atoms with Gasteiger partial charge in [-0.25, -0.2) is 0 Å². The Labute approximate surface area is 132 Å². The lowest BCUT2D eigenvalue weighted by atomic mass is 10.3. The van der Waals surface area contributed by atoms with Gasteiger partial charge in [0, 0.05) is 23.5 Å². The van der Waals surface area contributed by atoms with E-state index in [1.54, 1.807) is 11.8 Å². The highest BCUT2D eigenvalue weighted by atomic mass is 35.5. The van der Waals surface area contributed by atoms with Crippen molar-refractivity contribution < 1.29 is 0 Å². The van der Waals surface area contributed by atoms with Crippen molar-refractivity contribution in [1.29, 1.82) is 0 Å². The predicted octanol–water partition coefficient (Wildman–Crippen LogP) is 3.35. The minimum atomic E-state index is 0.702. The van der Waals surface area contributed by atoms with Crippen LogP contribution in [0.5, 0.6) is 0 Å². The summed E-state index contributed by atoms with van der Waals surface area (Å²) < 4.78 is 3.82. The maximum atomic E-state index is 5.97. The highest BCUT2D eigenvalue weighted by molar-refractivity contribution is 7.98. The molecular weight excluding hydrogens is 306 g/mol. The molecule has 0 N–H and O–H groups in total. The number of benzene rings is 1. The van der Waals surface area contributed by atoms with Crippen LogP contribution >= 0.6 is 23.4 Å². The van der Waals surface area contributed by atoms with Crippen molar-refractivity contribution >= 4 is 23.4 Å². The van der Waals surface area contributed by atoms with Crippen LogP contribution < -0.4 is 0 Å². The van der Waals surface area contributed by atoms with Gasteiger partial charge in [-0.1, -0.05) is 23.4 Å². The van der Waals surface area contributed by atoms with E-state index in [0.29, 0.717) is 5.02 Å². The summed E-state index contributed by atoms with van der Waals surface area (Å²) in [4.78, 5) is 0. The van der Waals surface area contributed by atoms with E-state index in [0.717, 1.165) is 28.1 Å². The molecule has 0 aliphatic heterocycles. The molecule has 0 spiro atoms. The Hall–Kier alpha value is -1.79. The second kappa shape index (κ2) is 5.54. The summed E-state index contributed by atoms with van der Waals surface area (Å²) in [5.41, 5.74) is 2.84. The Morgan fingerprint density at radius 1 is 1.14 bits per heavy atom. The third-order valence-electron chi connectivity index (χ3n) is 3.24. The molecule has 0 atom stereocenters. The summed E-state index contributed by atoms with van der Waals surface area (Å²) in [5, 5.41) is 14.5. The van der Waals surface area contributed by atoms with Gasteiger partial charge in [0.15, 0.2) is 11.0 Å². The summed E-state index contributed by atoms with van der Waals surface area (Å²) >= 11 is 7.51. The average Bonchev–Trinajstić information content (AvgIpc) is 3.04. The molecule has 3 aromatic rings. The van der Waals surface area contributed by atoms with Crippen molar-refractivity contribution in [1.82, 2.24) is 24.5 Å². The quantitative estimate of drug-likeness (QED) is 0.695. The summed E-state index contributed by atoms with van der Waals surface area (Å²) in [7, 11) is 1.91. The van der Waals surface area contributed by atoms with Crippen molar-refractivity contribution in [2.24, 2.45) is 7.05 Å². The van der Waals surface area contributed by atoms with E-state index in [4.69, 9.17) is 11.6 Å². The number of aryl methyl sites for hydroxylation is 2. The van der Waals surface area contributed by atoms with Gasteiger partial charge < -0.3 is 0 Å². The Balaban J connectivity index is 2.18. The smallest absolute Gasteiger partial charge is 0.195 e. The lowest BCUT2D eigenvalue weighted by Crippen LogP contribution is -2.00. The summed E-state index contributed by atoms with van der Waals surface area (Å²) in [6, 6.07) is 9.61. The van der Waals surface area contributed by atoms with Gasteiger partial charge in [0.05, 0.1) is 0 Å². The first-order valence-electron chi connectivity index (χ1n) is 6.36. The molecule has 0 amide bonds. The molecule has 0 unspecified atom stereocenters. The molecule has 0 saturated carbocycles. The molecular formula is C14H14ClN5S. The van der Waals surface area contributed by atoms with Gasteiger partial charge in [0.25, 0.3) is 0 Å². The van der Waals surface area contributed by atoms with Crippen molar-refractivity contribution in [2.45, 2.75) is 12.1 Å². The molecule has 21 heavy (non-hydrogen) atoms. The minimum Gasteiger partial charge on any atom is -0.272 e. The van der Waals surface area contributed by atoms with E-state index in [9.17, 15) is 0 Å². The number of aromatic nitrogens is 5. The number of hydrogen-bond donors (Lipinski definition) is 0. The van der Waals surface area contributed by atoms with Crippen LogP contribution in [0.25, 0.3) is 17.2 Å². The summed E-state index contributed by atoms with van der Waals surface area (Å²) in [6.07, 6.45) is 1.98. The van der Waals surface area contributed by atoms with Crippen LogP contribution in [0.3, 0.4) is 0 Å². The Morgan fingerprint density at radius 2 is 1.86 bits per heavy atom. The standard InChI is InChI=1S/C14H14ClN5S/c1-9-8-12(18-19(9)2)13-16-17-14(21-3)20(13)11-6-4-10(15)5-7-11/h4-8H,1-3H3. The third-order valence-corrected chi connectivity index (χ3v) is 4.12. The van der Waals surface area contributed by atoms with Gasteiger partial charge in [-0.2, -0.15) is 5.10 Å². The molecule has 1 aromatic carbocycles. The monoisotopic (exact) mass is 319 g/mol. The van der Waals surface area contributed by atoms with Gasteiger partial charge in [-0.15, -0.1) is 10.2 Å². The fraction of sp³-hybridized carbons (Fsp3) is 0.214. The molecule has 2 heterocycles. The van der Waals surface area contributed by atoms with E-state index in [-0.39, 0.29) is 0 Å². The molecule has 7 heteroatoms. The van der Waals surface area contributed by atoms with Gasteiger partial charge in [-0.05, 0) is 43.5 Å². The van der Waals surface area contributed by atoms with Crippen LogP contribution in [-0.2, 0) is 7.05 Å². The highest BCUT2D eigenvalue weighted by Crippen LogP contribution is 2.27. The number of nitrogens with zero attached hydrogens (tertiary/aromatic N) is 5. The molecule has 108 valence electrons. The van der Waals surface area contributed by atoms with Crippen LogP contribution in [0.4, 0.5) is 0 Å². The van der Waals surface area contributed by atoms with Crippen molar-refractivity contribution in [3.05, 3.63) is 41.0 Å². The zero-order valence-electron chi connectivity index (χ0n) is 11.9. The van der Waals surface area contributed by atoms with E-state index in [1.807, 2.05) is 59.8 Å². The first-order chi connectivity index (χ1) is 10.1. The van der Waals surface area contributed by atoms with Gasteiger partial charge in [0.2, 0.25) is 0 Å². The molecule has 3 rings (SSSR count). The normalized spacial score (nSPS) is 11.0. The van der Waals surface area contributed by atoms with Crippen LogP contribution in [0.2, 0.25) is 5.02 Å². The maximum Gasteiger partial charge on any atom is 0.195 e. The molecule has 0 saturated heterocycles. The van der Waals surface area contributed by atoms with E-state index in [1.165, 1.54) is 0 Å². The largest absolute Gasteiger partial charge is 0.272 e. The van der Waals surface area contributed by atoms with Crippen LogP contribution in [0.1, 0.15) is 5.69 Å². The van der Waals surface area contributed by atoms with E-state index < -0.39 is 0 Å². The highest BCUT2D eigenvalue weighted by Gasteiger charge is 2.17. The lowest BCUT2D eigenvalue weighted by molar-refractivity contribution is 0.740. The third kappa shape index (κ3) is 2.56. The van der Waals surface area contributed by atoms with Crippen molar-refractivity contribution in [2.75, 3.05) is 6.26 Å².